The van der Waals surface area contributed by atoms with Gasteiger partial charge in [0.1, 0.15) is 5.75 Å². The molecule has 0 aromatic heterocycles. The highest BCUT2D eigenvalue weighted by atomic mass is 32.2. The van der Waals surface area contributed by atoms with E-state index in [-0.39, 0.29) is 10.5 Å². The number of methoxy groups -OCH3 is 1. The minimum atomic E-state index is -3.88. The van der Waals surface area contributed by atoms with Crippen LogP contribution in [0, 0.1) is 6.92 Å². The summed E-state index contributed by atoms with van der Waals surface area (Å²) < 4.78 is 31.5. The highest BCUT2D eigenvalue weighted by molar-refractivity contribution is 7.90. The first-order chi connectivity index (χ1) is 9.94. The van der Waals surface area contributed by atoms with E-state index in [0.29, 0.717) is 11.3 Å². The number of hydrogen-bond acceptors (Lipinski definition) is 4. The molecule has 6 heteroatoms. The van der Waals surface area contributed by atoms with Gasteiger partial charge in [0.25, 0.3) is 15.9 Å². The Bertz CT molecular complexity index is 751. The maximum absolute atomic E-state index is 12.2. The lowest BCUT2D eigenvalue weighted by Gasteiger charge is -2.09. The van der Waals surface area contributed by atoms with E-state index in [1.165, 1.54) is 25.3 Å². The third kappa shape index (κ3) is 3.41. The number of carbonyl (C=O) groups is 1. The number of amides is 1. The van der Waals surface area contributed by atoms with E-state index in [2.05, 4.69) is 4.72 Å². The van der Waals surface area contributed by atoms with Gasteiger partial charge in [-0.05, 0) is 42.8 Å². The summed E-state index contributed by atoms with van der Waals surface area (Å²) in [5.74, 6) is -0.0887. The fourth-order valence-corrected chi connectivity index (χ4v) is 3.06. The molecule has 0 bridgehead atoms. The average Bonchev–Trinajstić information content (AvgIpc) is 2.47. The Morgan fingerprint density at radius 2 is 1.67 bits per heavy atom. The number of carbonyl (C=O) groups excluding carboxylic acids is 1. The van der Waals surface area contributed by atoms with Crippen molar-refractivity contribution in [2.45, 2.75) is 11.8 Å². The van der Waals surface area contributed by atoms with E-state index in [0.717, 1.165) is 0 Å². The van der Waals surface area contributed by atoms with E-state index in [4.69, 9.17) is 4.74 Å². The van der Waals surface area contributed by atoms with Gasteiger partial charge in [-0.25, -0.2) is 13.1 Å². The molecule has 0 aliphatic heterocycles. The predicted octanol–water partition coefficient (Wildman–Crippen LogP) is 2.12. The maximum atomic E-state index is 12.2. The molecule has 0 fully saturated rings. The third-order valence-corrected chi connectivity index (χ3v) is 4.45. The number of rotatable bonds is 4. The maximum Gasteiger partial charge on any atom is 0.265 e. The highest BCUT2D eigenvalue weighted by Gasteiger charge is 2.20. The molecular formula is C15H15NO4S. The van der Waals surface area contributed by atoms with Crippen LogP contribution in [0.1, 0.15) is 15.9 Å². The van der Waals surface area contributed by atoms with E-state index < -0.39 is 15.9 Å². The third-order valence-electron chi connectivity index (χ3n) is 2.96. The average molecular weight is 305 g/mol. The molecule has 0 aliphatic rings. The second kappa shape index (κ2) is 5.97. The molecule has 0 radical (unpaired) electrons. The van der Waals surface area contributed by atoms with Gasteiger partial charge in [0.05, 0.1) is 12.0 Å². The molecule has 2 rings (SSSR count). The summed E-state index contributed by atoms with van der Waals surface area (Å²) in [6.07, 6.45) is 0. The van der Waals surface area contributed by atoms with E-state index >= 15 is 0 Å². The van der Waals surface area contributed by atoms with Crippen molar-refractivity contribution in [3.8, 4) is 5.75 Å². The Labute approximate surface area is 123 Å². The molecule has 2 aromatic carbocycles. The van der Waals surface area contributed by atoms with Crippen molar-refractivity contribution in [2.75, 3.05) is 7.11 Å². The summed E-state index contributed by atoms with van der Waals surface area (Å²) in [5, 5.41) is 0. The predicted molar refractivity (Wildman–Crippen MR) is 78.8 cm³/mol. The van der Waals surface area contributed by atoms with Crippen LogP contribution in [0.3, 0.4) is 0 Å². The molecule has 0 saturated heterocycles. The summed E-state index contributed by atoms with van der Waals surface area (Å²) in [6.45, 7) is 1.67. The zero-order chi connectivity index (χ0) is 15.5. The number of aryl methyl sites for hydroxylation is 1. The number of hydrogen-bond donors (Lipinski definition) is 1. The summed E-state index contributed by atoms with van der Waals surface area (Å²) >= 11 is 0. The second-order valence-electron chi connectivity index (χ2n) is 4.43. The molecule has 0 heterocycles. The minimum absolute atomic E-state index is 0.0897. The van der Waals surface area contributed by atoms with Crippen molar-refractivity contribution < 1.29 is 17.9 Å². The van der Waals surface area contributed by atoms with Gasteiger partial charge in [-0.2, -0.15) is 0 Å². The summed E-state index contributed by atoms with van der Waals surface area (Å²) in [5.41, 5.74) is 0.820. The topological polar surface area (TPSA) is 72.5 Å². The van der Waals surface area contributed by atoms with E-state index in [1.807, 2.05) is 0 Å². The van der Waals surface area contributed by atoms with Crippen LogP contribution in [0.4, 0.5) is 0 Å². The van der Waals surface area contributed by atoms with Crippen LogP contribution in [0.5, 0.6) is 5.75 Å². The van der Waals surface area contributed by atoms with Crippen molar-refractivity contribution in [3.05, 3.63) is 59.7 Å². The van der Waals surface area contributed by atoms with Gasteiger partial charge in [-0.1, -0.05) is 18.2 Å². The van der Waals surface area contributed by atoms with Crippen LogP contribution in [0.15, 0.2) is 53.4 Å². The second-order valence-corrected chi connectivity index (χ2v) is 6.08. The fraction of sp³-hybridized carbons (Fsp3) is 0.133. The molecule has 0 aliphatic carbocycles. The highest BCUT2D eigenvalue weighted by Crippen LogP contribution is 2.15. The van der Waals surface area contributed by atoms with E-state index in [1.54, 1.807) is 37.3 Å². The van der Waals surface area contributed by atoms with Crippen LogP contribution in [-0.4, -0.2) is 21.4 Å². The van der Waals surface area contributed by atoms with Gasteiger partial charge < -0.3 is 4.74 Å². The minimum Gasteiger partial charge on any atom is -0.497 e. The molecule has 110 valence electrons. The van der Waals surface area contributed by atoms with Crippen LogP contribution < -0.4 is 9.46 Å². The van der Waals surface area contributed by atoms with Crippen molar-refractivity contribution in [1.82, 2.24) is 4.72 Å². The van der Waals surface area contributed by atoms with Gasteiger partial charge in [0.15, 0.2) is 0 Å². The standard InChI is InChI=1S/C15H15NO4S/c1-11-5-3-4-6-14(11)21(18,19)16-15(17)12-7-9-13(20-2)10-8-12/h3-10H,1-2H3,(H,16,17). The molecule has 2 aromatic rings. The lowest BCUT2D eigenvalue weighted by Crippen LogP contribution is -2.31. The fourth-order valence-electron chi connectivity index (χ4n) is 1.84. The SMILES string of the molecule is COc1ccc(C(=O)NS(=O)(=O)c2ccccc2C)cc1. The molecule has 1 amide bonds. The van der Waals surface area contributed by atoms with Crippen LogP contribution in [0.2, 0.25) is 0 Å². The van der Waals surface area contributed by atoms with Crippen molar-refractivity contribution in [3.63, 3.8) is 0 Å². The van der Waals surface area contributed by atoms with Crippen molar-refractivity contribution in [2.24, 2.45) is 0 Å². The van der Waals surface area contributed by atoms with Gasteiger partial charge in [-0.15, -0.1) is 0 Å². The zero-order valence-electron chi connectivity index (χ0n) is 11.7. The lowest BCUT2D eigenvalue weighted by molar-refractivity contribution is 0.0981. The number of sulfonamides is 1. The first-order valence-corrected chi connectivity index (χ1v) is 7.69. The van der Waals surface area contributed by atoms with Gasteiger partial charge in [-0.3, -0.25) is 4.79 Å². The van der Waals surface area contributed by atoms with Gasteiger partial charge >= 0.3 is 0 Å². The van der Waals surface area contributed by atoms with Crippen LogP contribution in [-0.2, 0) is 10.0 Å². The molecule has 0 unspecified atom stereocenters. The first-order valence-electron chi connectivity index (χ1n) is 6.21. The molecule has 0 saturated carbocycles. The van der Waals surface area contributed by atoms with Gasteiger partial charge in [0.2, 0.25) is 0 Å². The molecule has 0 atom stereocenters. The summed E-state index contributed by atoms with van der Waals surface area (Å²) in [7, 11) is -2.37. The van der Waals surface area contributed by atoms with E-state index in [9.17, 15) is 13.2 Å². The Balaban J connectivity index is 2.24. The Hall–Kier alpha value is -2.34. The Morgan fingerprint density at radius 3 is 2.24 bits per heavy atom. The Kier molecular flexibility index (Phi) is 4.28. The molecular weight excluding hydrogens is 290 g/mol. The Morgan fingerprint density at radius 1 is 1.05 bits per heavy atom. The van der Waals surface area contributed by atoms with Gasteiger partial charge in [0, 0.05) is 5.56 Å². The summed E-state index contributed by atoms with van der Waals surface area (Å²) in [6, 6.07) is 12.7. The quantitative estimate of drug-likeness (QED) is 0.939. The first kappa shape index (κ1) is 15.1. The number of ether oxygens (including phenoxy) is 1. The van der Waals surface area contributed by atoms with Crippen molar-refractivity contribution >= 4 is 15.9 Å². The van der Waals surface area contributed by atoms with Crippen LogP contribution >= 0.6 is 0 Å². The summed E-state index contributed by atoms with van der Waals surface area (Å²) in [4.78, 5) is 12.1. The normalized spacial score (nSPS) is 11.0. The van der Waals surface area contributed by atoms with Crippen molar-refractivity contribution in [1.29, 1.82) is 0 Å². The molecule has 0 spiro atoms. The zero-order valence-corrected chi connectivity index (χ0v) is 12.5. The lowest BCUT2D eigenvalue weighted by atomic mass is 10.2. The number of benzene rings is 2. The van der Waals surface area contributed by atoms with Crippen LogP contribution in [0.25, 0.3) is 0 Å². The largest absolute Gasteiger partial charge is 0.497 e. The monoisotopic (exact) mass is 305 g/mol. The number of nitrogens with one attached hydrogen (secondary N) is 1. The smallest absolute Gasteiger partial charge is 0.265 e. The molecule has 21 heavy (non-hydrogen) atoms. The molecule has 1 N–H and O–H groups in total. The molecule has 5 nitrogen and oxygen atoms in total.